The molecule has 0 unspecified atom stereocenters. The highest BCUT2D eigenvalue weighted by molar-refractivity contribution is 6.31. The molecule has 1 aromatic carbocycles. The van der Waals surface area contributed by atoms with Gasteiger partial charge in [0.1, 0.15) is 5.75 Å². The van der Waals surface area contributed by atoms with E-state index in [9.17, 15) is 0 Å². The number of pyridine rings is 1. The minimum absolute atomic E-state index is 0.159. The van der Waals surface area contributed by atoms with Crippen molar-refractivity contribution < 1.29 is 4.74 Å². The van der Waals surface area contributed by atoms with Gasteiger partial charge in [-0.1, -0.05) is 11.6 Å². The summed E-state index contributed by atoms with van der Waals surface area (Å²) in [6, 6.07) is 7.49. The number of rotatable bonds is 2. The standard InChI is InChI=1S/C12H12ClNO/c1-8(2)15-12-5-6-14-11-7-9(13)3-4-10(11)12/h3-8H,1-2H3. The van der Waals surface area contributed by atoms with Gasteiger partial charge in [-0.15, -0.1) is 0 Å². The van der Waals surface area contributed by atoms with Crippen LogP contribution in [-0.2, 0) is 0 Å². The second kappa shape index (κ2) is 4.07. The zero-order valence-electron chi connectivity index (χ0n) is 8.70. The lowest BCUT2D eigenvalue weighted by atomic mass is 10.2. The van der Waals surface area contributed by atoms with E-state index >= 15 is 0 Å². The molecule has 2 nitrogen and oxygen atoms in total. The van der Waals surface area contributed by atoms with Crippen LogP contribution in [0.3, 0.4) is 0 Å². The fourth-order valence-electron chi connectivity index (χ4n) is 1.45. The van der Waals surface area contributed by atoms with E-state index in [-0.39, 0.29) is 6.10 Å². The SMILES string of the molecule is CC(C)Oc1ccnc2cc(Cl)ccc12. The van der Waals surface area contributed by atoms with E-state index in [4.69, 9.17) is 16.3 Å². The Morgan fingerprint density at radius 1 is 1.27 bits per heavy atom. The Labute approximate surface area is 93.8 Å². The molecule has 0 aliphatic rings. The average molecular weight is 222 g/mol. The largest absolute Gasteiger partial charge is 0.490 e. The van der Waals surface area contributed by atoms with Crippen LogP contribution in [0.1, 0.15) is 13.8 Å². The van der Waals surface area contributed by atoms with Gasteiger partial charge in [-0.05, 0) is 38.1 Å². The molecule has 0 amide bonds. The summed E-state index contributed by atoms with van der Waals surface area (Å²) in [7, 11) is 0. The smallest absolute Gasteiger partial charge is 0.130 e. The fraction of sp³-hybridized carbons (Fsp3) is 0.250. The van der Waals surface area contributed by atoms with Crippen LogP contribution in [0.25, 0.3) is 10.9 Å². The maximum Gasteiger partial charge on any atom is 0.130 e. The maximum atomic E-state index is 5.90. The third-order valence-electron chi connectivity index (χ3n) is 2.03. The Morgan fingerprint density at radius 2 is 2.07 bits per heavy atom. The van der Waals surface area contributed by atoms with E-state index in [1.54, 1.807) is 6.20 Å². The Balaban J connectivity index is 2.56. The van der Waals surface area contributed by atoms with Crippen LogP contribution < -0.4 is 4.74 Å². The predicted molar refractivity (Wildman–Crippen MR) is 62.5 cm³/mol. The van der Waals surface area contributed by atoms with Crippen molar-refractivity contribution >= 4 is 22.5 Å². The van der Waals surface area contributed by atoms with Gasteiger partial charge in [0, 0.05) is 16.6 Å². The third-order valence-corrected chi connectivity index (χ3v) is 2.26. The van der Waals surface area contributed by atoms with Crippen molar-refractivity contribution in [2.24, 2.45) is 0 Å². The molecule has 0 saturated carbocycles. The zero-order chi connectivity index (χ0) is 10.8. The first kappa shape index (κ1) is 10.2. The van der Waals surface area contributed by atoms with Crippen molar-refractivity contribution in [3.63, 3.8) is 0 Å². The molecule has 2 rings (SSSR count). The summed E-state index contributed by atoms with van der Waals surface area (Å²) in [5, 5.41) is 1.69. The maximum absolute atomic E-state index is 5.90. The summed E-state index contributed by atoms with van der Waals surface area (Å²) in [6.07, 6.45) is 1.89. The number of nitrogens with zero attached hydrogens (tertiary/aromatic N) is 1. The summed E-state index contributed by atoms with van der Waals surface area (Å²) < 4.78 is 5.68. The molecule has 0 aliphatic heterocycles. The van der Waals surface area contributed by atoms with Crippen LogP contribution in [0.5, 0.6) is 5.75 Å². The minimum atomic E-state index is 0.159. The molecule has 1 heterocycles. The van der Waals surface area contributed by atoms with Crippen LogP contribution in [0.4, 0.5) is 0 Å². The van der Waals surface area contributed by atoms with Crippen molar-refractivity contribution in [3.05, 3.63) is 35.5 Å². The van der Waals surface area contributed by atoms with Crippen molar-refractivity contribution in [3.8, 4) is 5.75 Å². The highest BCUT2D eigenvalue weighted by Gasteiger charge is 2.04. The molecule has 15 heavy (non-hydrogen) atoms. The van der Waals surface area contributed by atoms with E-state index in [1.165, 1.54) is 0 Å². The molecule has 0 aliphatic carbocycles. The number of aromatic nitrogens is 1. The van der Waals surface area contributed by atoms with Crippen molar-refractivity contribution in [2.75, 3.05) is 0 Å². The van der Waals surface area contributed by atoms with Gasteiger partial charge >= 0.3 is 0 Å². The summed E-state index contributed by atoms with van der Waals surface area (Å²) >= 11 is 5.90. The number of hydrogen-bond donors (Lipinski definition) is 0. The van der Waals surface area contributed by atoms with Gasteiger partial charge in [0.05, 0.1) is 11.6 Å². The van der Waals surface area contributed by atoms with Crippen molar-refractivity contribution in [1.82, 2.24) is 4.98 Å². The summed E-state index contributed by atoms with van der Waals surface area (Å²) in [5.74, 6) is 0.853. The molecule has 0 radical (unpaired) electrons. The van der Waals surface area contributed by atoms with Crippen LogP contribution in [0.2, 0.25) is 5.02 Å². The summed E-state index contributed by atoms with van der Waals surface area (Å²) in [6.45, 7) is 4.00. The normalized spacial score (nSPS) is 10.9. The lowest BCUT2D eigenvalue weighted by Crippen LogP contribution is -2.05. The molecule has 1 aromatic heterocycles. The highest BCUT2D eigenvalue weighted by atomic mass is 35.5. The van der Waals surface area contributed by atoms with E-state index in [0.29, 0.717) is 5.02 Å². The first-order valence-corrected chi connectivity index (χ1v) is 5.25. The predicted octanol–water partition coefficient (Wildman–Crippen LogP) is 3.68. The van der Waals surface area contributed by atoms with Gasteiger partial charge in [-0.2, -0.15) is 0 Å². The van der Waals surface area contributed by atoms with Crippen molar-refractivity contribution in [1.29, 1.82) is 0 Å². The molecule has 0 bridgehead atoms. The zero-order valence-corrected chi connectivity index (χ0v) is 9.45. The van der Waals surface area contributed by atoms with Gasteiger partial charge in [0.15, 0.2) is 0 Å². The molecule has 0 atom stereocenters. The molecule has 0 saturated heterocycles. The van der Waals surface area contributed by atoms with Crippen molar-refractivity contribution in [2.45, 2.75) is 20.0 Å². The van der Waals surface area contributed by atoms with E-state index < -0.39 is 0 Å². The topological polar surface area (TPSA) is 22.1 Å². The number of halogens is 1. The van der Waals surface area contributed by atoms with Crippen LogP contribution in [0, 0.1) is 0 Å². The molecule has 0 spiro atoms. The number of fused-ring (bicyclic) bond motifs is 1. The van der Waals surface area contributed by atoms with Gasteiger partial charge in [0.25, 0.3) is 0 Å². The van der Waals surface area contributed by atoms with Gasteiger partial charge in [0.2, 0.25) is 0 Å². The lowest BCUT2D eigenvalue weighted by Gasteiger charge is -2.11. The Morgan fingerprint density at radius 3 is 2.80 bits per heavy atom. The Bertz CT molecular complexity index is 482. The first-order chi connectivity index (χ1) is 7.16. The molecule has 0 fully saturated rings. The van der Waals surface area contributed by atoms with Gasteiger partial charge < -0.3 is 4.74 Å². The van der Waals surface area contributed by atoms with Crippen LogP contribution in [0.15, 0.2) is 30.5 Å². The second-order valence-electron chi connectivity index (χ2n) is 3.64. The average Bonchev–Trinajstić information content (AvgIpc) is 2.16. The molecular weight excluding hydrogens is 210 g/mol. The van der Waals surface area contributed by atoms with Gasteiger partial charge in [-0.25, -0.2) is 0 Å². The van der Waals surface area contributed by atoms with E-state index in [0.717, 1.165) is 16.7 Å². The Hall–Kier alpha value is -1.28. The monoisotopic (exact) mass is 221 g/mol. The first-order valence-electron chi connectivity index (χ1n) is 4.88. The molecular formula is C12H12ClNO. The molecule has 78 valence electrons. The Kier molecular flexibility index (Phi) is 2.78. The number of benzene rings is 1. The molecule has 2 aromatic rings. The minimum Gasteiger partial charge on any atom is -0.490 e. The van der Waals surface area contributed by atoms with Crippen LogP contribution in [-0.4, -0.2) is 11.1 Å². The lowest BCUT2D eigenvalue weighted by molar-refractivity contribution is 0.245. The fourth-order valence-corrected chi connectivity index (χ4v) is 1.62. The molecule has 0 N–H and O–H groups in total. The van der Waals surface area contributed by atoms with Crippen LogP contribution >= 0.6 is 11.6 Å². The highest BCUT2D eigenvalue weighted by Crippen LogP contribution is 2.26. The summed E-state index contributed by atoms with van der Waals surface area (Å²) in [5.41, 5.74) is 0.862. The van der Waals surface area contributed by atoms with E-state index in [2.05, 4.69) is 4.98 Å². The third kappa shape index (κ3) is 2.21. The molecule has 3 heteroatoms. The number of ether oxygens (including phenoxy) is 1. The summed E-state index contributed by atoms with van der Waals surface area (Å²) in [4.78, 5) is 4.25. The quantitative estimate of drug-likeness (QED) is 0.772. The second-order valence-corrected chi connectivity index (χ2v) is 4.07. The van der Waals surface area contributed by atoms with E-state index in [1.807, 2.05) is 38.1 Å². The number of hydrogen-bond acceptors (Lipinski definition) is 2. The van der Waals surface area contributed by atoms with Gasteiger partial charge in [-0.3, -0.25) is 4.98 Å².